The van der Waals surface area contributed by atoms with Gasteiger partial charge in [-0.1, -0.05) is 23.1 Å². The van der Waals surface area contributed by atoms with Gasteiger partial charge in [-0.05, 0) is 31.2 Å². The number of nitrogens with zero attached hydrogens (tertiary/aromatic N) is 2. The van der Waals surface area contributed by atoms with Crippen molar-refractivity contribution in [2.24, 2.45) is 0 Å². The highest BCUT2D eigenvalue weighted by molar-refractivity contribution is 8.01. The minimum Gasteiger partial charge on any atom is -0.325 e. The summed E-state index contributed by atoms with van der Waals surface area (Å²) in [5.74, 6) is 0.171. The number of amides is 1. The molecule has 1 aromatic heterocycles. The molecule has 0 fully saturated rings. The molecular formula is C12H11N3O2S2. The van der Waals surface area contributed by atoms with Crippen LogP contribution in [-0.4, -0.2) is 27.6 Å². The summed E-state index contributed by atoms with van der Waals surface area (Å²) in [4.78, 5) is 22.8. The van der Waals surface area contributed by atoms with Gasteiger partial charge < -0.3 is 5.32 Å². The van der Waals surface area contributed by atoms with Gasteiger partial charge in [-0.15, -0.1) is 10.2 Å². The van der Waals surface area contributed by atoms with Crippen molar-refractivity contribution in [3.05, 3.63) is 35.3 Å². The average Bonchev–Trinajstić information content (AvgIpc) is 2.90. The Kier molecular flexibility index (Phi) is 4.64. The Labute approximate surface area is 118 Å². The number of hydrogen-bond donors (Lipinski definition) is 1. The number of anilines is 1. The van der Waals surface area contributed by atoms with Crippen molar-refractivity contribution in [1.82, 2.24) is 10.2 Å². The van der Waals surface area contributed by atoms with Crippen molar-refractivity contribution >= 4 is 40.5 Å². The number of hydrogen-bond acceptors (Lipinski definition) is 6. The van der Waals surface area contributed by atoms with Crippen LogP contribution in [0.5, 0.6) is 0 Å². The summed E-state index contributed by atoms with van der Waals surface area (Å²) < 4.78 is 0.766. The van der Waals surface area contributed by atoms with Crippen LogP contribution < -0.4 is 5.32 Å². The van der Waals surface area contributed by atoms with Gasteiger partial charge in [0.2, 0.25) is 5.91 Å². The van der Waals surface area contributed by atoms with Gasteiger partial charge in [0.25, 0.3) is 0 Å². The molecule has 1 heterocycles. The fraction of sp³-hybridized carbons (Fsp3) is 0.167. The smallest absolute Gasteiger partial charge is 0.234 e. The Hall–Kier alpha value is -1.73. The molecule has 0 aliphatic heterocycles. The molecule has 2 rings (SSSR count). The number of Topliss-reactive ketones (excluding diaryl/α,β-unsaturated/α-hetero) is 1. The first-order valence-electron chi connectivity index (χ1n) is 5.45. The van der Waals surface area contributed by atoms with E-state index in [1.807, 2.05) is 0 Å². The van der Waals surface area contributed by atoms with E-state index in [4.69, 9.17) is 0 Å². The summed E-state index contributed by atoms with van der Waals surface area (Å²) in [6.07, 6.45) is 0. The molecule has 0 unspecified atom stereocenters. The van der Waals surface area contributed by atoms with Crippen LogP contribution in [0.4, 0.5) is 5.69 Å². The first-order chi connectivity index (χ1) is 9.15. The summed E-state index contributed by atoms with van der Waals surface area (Å²) in [6, 6.07) is 6.81. The van der Waals surface area contributed by atoms with Crippen LogP contribution in [0, 0.1) is 0 Å². The third kappa shape index (κ3) is 4.15. The monoisotopic (exact) mass is 293 g/mol. The van der Waals surface area contributed by atoms with Gasteiger partial charge in [-0.2, -0.15) is 0 Å². The predicted octanol–water partition coefficient (Wildman–Crippen LogP) is 2.47. The molecule has 0 aliphatic carbocycles. The Morgan fingerprint density at radius 3 is 2.63 bits per heavy atom. The lowest BCUT2D eigenvalue weighted by Crippen LogP contribution is -2.14. The lowest BCUT2D eigenvalue weighted by atomic mass is 10.1. The standard InChI is InChI=1S/C12H11N3O2S2/c1-8(16)9-2-4-10(5-3-9)14-11(17)6-18-12-15-13-7-19-12/h2-5,7H,6H2,1H3,(H,14,17). The van der Waals surface area contributed by atoms with Crippen molar-refractivity contribution in [3.8, 4) is 0 Å². The SMILES string of the molecule is CC(=O)c1ccc(NC(=O)CSc2nncs2)cc1. The molecule has 0 bridgehead atoms. The normalized spacial score (nSPS) is 10.2. The van der Waals surface area contributed by atoms with Crippen LogP contribution >= 0.6 is 23.1 Å². The maximum atomic E-state index is 11.7. The number of aromatic nitrogens is 2. The second-order valence-electron chi connectivity index (χ2n) is 3.68. The molecule has 19 heavy (non-hydrogen) atoms. The van der Waals surface area contributed by atoms with Crippen molar-refractivity contribution in [1.29, 1.82) is 0 Å². The van der Waals surface area contributed by atoms with Crippen molar-refractivity contribution in [2.75, 3.05) is 11.1 Å². The Morgan fingerprint density at radius 2 is 2.05 bits per heavy atom. The van der Waals surface area contributed by atoms with Gasteiger partial charge in [0.05, 0.1) is 5.75 Å². The van der Waals surface area contributed by atoms with Gasteiger partial charge in [0.15, 0.2) is 10.1 Å². The summed E-state index contributed by atoms with van der Waals surface area (Å²) in [6.45, 7) is 1.51. The van der Waals surface area contributed by atoms with E-state index in [-0.39, 0.29) is 17.4 Å². The molecule has 1 amide bonds. The highest BCUT2D eigenvalue weighted by Gasteiger charge is 2.06. The Bertz CT molecular complexity index is 567. The molecule has 1 aromatic carbocycles. The highest BCUT2D eigenvalue weighted by atomic mass is 32.2. The third-order valence-electron chi connectivity index (χ3n) is 2.24. The Morgan fingerprint density at radius 1 is 1.32 bits per heavy atom. The lowest BCUT2D eigenvalue weighted by Gasteiger charge is -2.04. The highest BCUT2D eigenvalue weighted by Crippen LogP contribution is 2.19. The molecule has 7 heteroatoms. The van der Waals surface area contributed by atoms with Crippen LogP contribution in [0.2, 0.25) is 0 Å². The first-order valence-corrected chi connectivity index (χ1v) is 7.31. The molecule has 98 valence electrons. The van der Waals surface area contributed by atoms with Crippen molar-refractivity contribution in [3.63, 3.8) is 0 Å². The molecule has 0 atom stereocenters. The van der Waals surface area contributed by atoms with Gasteiger partial charge in [0.1, 0.15) is 5.51 Å². The van der Waals surface area contributed by atoms with E-state index >= 15 is 0 Å². The molecule has 2 aromatic rings. The fourth-order valence-electron chi connectivity index (χ4n) is 1.34. The molecular weight excluding hydrogens is 282 g/mol. The molecule has 0 aliphatic rings. The minimum absolute atomic E-state index is 0.00435. The summed E-state index contributed by atoms with van der Waals surface area (Å²) >= 11 is 2.74. The van der Waals surface area contributed by atoms with Crippen molar-refractivity contribution in [2.45, 2.75) is 11.3 Å². The first kappa shape index (κ1) is 13.7. The van der Waals surface area contributed by atoms with Gasteiger partial charge in [-0.3, -0.25) is 9.59 Å². The number of carbonyl (C=O) groups is 2. The largest absolute Gasteiger partial charge is 0.325 e. The van der Waals surface area contributed by atoms with Crippen molar-refractivity contribution < 1.29 is 9.59 Å². The van der Waals surface area contributed by atoms with Crippen LogP contribution in [0.1, 0.15) is 17.3 Å². The molecule has 0 radical (unpaired) electrons. The van der Waals surface area contributed by atoms with Crippen LogP contribution in [0.3, 0.4) is 0 Å². The number of nitrogens with one attached hydrogen (secondary N) is 1. The maximum absolute atomic E-state index is 11.7. The predicted molar refractivity (Wildman–Crippen MR) is 75.7 cm³/mol. The zero-order chi connectivity index (χ0) is 13.7. The van der Waals surface area contributed by atoms with E-state index in [1.165, 1.54) is 30.0 Å². The van der Waals surface area contributed by atoms with Gasteiger partial charge in [-0.25, -0.2) is 0 Å². The lowest BCUT2D eigenvalue weighted by molar-refractivity contribution is -0.113. The zero-order valence-corrected chi connectivity index (χ0v) is 11.8. The van der Waals surface area contributed by atoms with Crippen LogP contribution in [0.25, 0.3) is 0 Å². The van der Waals surface area contributed by atoms with Crippen LogP contribution in [0.15, 0.2) is 34.1 Å². The van der Waals surface area contributed by atoms with Gasteiger partial charge >= 0.3 is 0 Å². The zero-order valence-electron chi connectivity index (χ0n) is 10.1. The van der Waals surface area contributed by atoms with E-state index in [9.17, 15) is 9.59 Å². The second kappa shape index (κ2) is 6.44. The molecule has 5 nitrogen and oxygen atoms in total. The van der Waals surface area contributed by atoms with E-state index in [0.29, 0.717) is 11.3 Å². The minimum atomic E-state index is -0.115. The number of benzene rings is 1. The molecule has 0 saturated carbocycles. The third-order valence-corrected chi connectivity index (χ3v) is 4.10. The summed E-state index contributed by atoms with van der Waals surface area (Å²) in [5, 5.41) is 10.3. The summed E-state index contributed by atoms with van der Waals surface area (Å²) in [7, 11) is 0. The molecule has 0 spiro atoms. The van der Waals surface area contributed by atoms with Crippen LogP contribution in [-0.2, 0) is 4.79 Å². The number of thioether (sulfide) groups is 1. The topological polar surface area (TPSA) is 72.0 Å². The molecule has 1 N–H and O–H groups in total. The van der Waals surface area contributed by atoms with E-state index in [2.05, 4.69) is 15.5 Å². The second-order valence-corrected chi connectivity index (χ2v) is 5.73. The Balaban J connectivity index is 1.86. The molecule has 0 saturated heterocycles. The maximum Gasteiger partial charge on any atom is 0.234 e. The average molecular weight is 293 g/mol. The number of carbonyl (C=O) groups excluding carboxylic acids is 2. The summed E-state index contributed by atoms with van der Waals surface area (Å²) in [5.41, 5.74) is 2.93. The number of ketones is 1. The van der Waals surface area contributed by atoms with Gasteiger partial charge in [0, 0.05) is 11.3 Å². The van der Waals surface area contributed by atoms with E-state index < -0.39 is 0 Å². The van der Waals surface area contributed by atoms with E-state index in [1.54, 1.807) is 29.8 Å². The number of rotatable bonds is 5. The van der Waals surface area contributed by atoms with E-state index in [0.717, 1.165) is 4.34 Å². The quantitative estimate of drug-likeness (QED) is 0.677. The fourth-order valence-corrected chi connectivity index (χ4v) is 2.63.